The van der Waals surface area contributed by atoms with Crippen LogP contribution in [0.5, 0.6) is 0 Å². The van der Waals surface area contributed by atoms with Crippen molar-refractivity contribution in [2.24, 2.45) is 0 Å². The normalized spacial score (nSPS) is 13.5. The van der Waals surface area contributed by atoms with E-state index < -0.39 is 0 Å². The van der Waals surface area contributed by atoms with Crippen LogP contribution in [0.4, 0.5) is 0 Å². The molecule has 0 aliphatic rings. The summed E-state index contributed by atoms with van der Waals surface area (Å²) < 4.78 is 0. The standard InChI is InChI=1S/C10H21N/c1-6-10(7-8(2)3)11-9(4)5/h9-11H,2,6-7H2,1,3-5H3. The lowest BCUT2D eigenvalue weighted by atomic mass is 10.1. The number of hydrogen-bond acceptors (Lipinski definition) is 1. The van der Waals surface area contributed by atoms with E-state index in [4.69, 9.17) is 0 Å². The van der Waals surface area contributed by atoms with Crippen LogP contribution < -0.4 is 5.32 Å². The lowest BCUT2D eigenvalue weighted by Gasteiger charge is -2.19. The molecule has 0 aliphatic carbocycles. The van der Waals surface area contributed by atoms with E-state index in [0.717, 1.165) is 6.42 Å². The third kappa shape index (κ3) is 6.11. The third-order valence-electron chi connectivity index (χ3n) is 1.66. The van der Waals surface area contributed by atoms with Crippen LogP contribution in [0, 0.1) is 0 Å². The van der Waals surface area contributed by atoms with Crippen LogP contribution in [-0.4, -0.2) is 12.1 Å². The Morgan fingerprint density at radius 2 is 2.00 bits per heavy atom. The molecular formula is C10H21N. The van der Waals surface area contributed by atoms with Crippen molar-refractivity contribution in [1.82, 2.24) is 5.32 Å². The Labute approximate surface area is 70.9 Å². The fraction of sp³-hybridized carbons (Fsp3) is 0.800. The predicted molar refractivity (Wildman–Crippen MR) is 51.8 cm³/mol. The summed E-state index contributed by atoms with van der Waals surface area (Å²) in [6.45, 7) is 12.6. The van der Waals surface area contributed by atoms with Crippen molar-refractivity contribution >= 4 is 0 Å². The minimum Gasteiger partial charge on any atom is -0.311 e. The van der Waals surface area contributed by atoms with Gasteiger partial charge in [0.2, 0.25) is 0 Å². The average molecular weight is 155 g/mol. The summed E-state index contributed by atoms with van der Waals surface area (Å²) in [5, 5.41) is 3.50. The third-order valence-corrected chi connectivity index (χ3v) is 1.66. The number of rotatable bonds is 5. The molecular weight excluding hydrogens is 134 g/mol. The highest BCUT2D eigenvalue weighted by atomic mass is 14.9. The predicted octanol–water partition coefficient (Wildman–Crippen LogP) is 2.73. The second-order valence-corrected chi connectivity index (χ2v) is 3.59. The lowest BCUT2D eigenvalue weighted by molar-refractivity contribution is 0.448. The van der Waals surface area contributed by atoms with Crippen LogP contribution in [0.25, 0.3) is 0 Å². The smallest absolute Gasteiger partial charge is 0.0104 e. The maximum absolute atomic E-state index is 3.91. The fourth-order valence-electron chi connectivity index (χ4n) is 1.21. The van der Waals surface area contributed by atoms with E-state index in [9.17, 15) is 0 Å². The average Bonchev–Trinajstić information content (AvgIpc) is 1.84. The van der Waals surface area contributed by atoms with Crippen molar-refractivity contribution in [3.8, 4) is 0 Å². The Kier molecular flexibility index (Phi) is 5.22. The first kappa shape index (κ1) is 10.7. The first-order chi connectivity index (χ1) is 5.06. The van der Waals surface area contributed by atoms with Gasteiger partial charge >= 0.3 is 0 Å². The van der Waals surface area contributed by atoms with Gasteiger partial charge in [-0.1, -0.05) is 26.3 Å². The molecule has 0 aromatic rings. The monoisotopic (exact) mass is 155 g/mol. The van der Waals surface area contributed by atoms with Gasteiger partial charge in [0, 0.05) is 12.1 Å². The van der Waals surface area contributed by atoms with E-state index in [2.05, 4.69) is 39.6 Å². The minimum atomic E-state index is 0.583. The van der Waals surface area contributed by atoms with E-state index >= 15 is 0 Å². The second-order valence-electron chi connectivity index (χ2n) is 3.59. The largest absolute Gasteiger partial charge is 0.311 e. The van der Waals surface area contributed by atoms with Gasteiger partial charge < -0.3 is 5.32 Å². The Balaban J connectivity index is 3.66. The molecule has 0 saturated heterocycles. The van der Waals surface area contributed by atoms with E-state index in [1.807, 2.05) is 0 Å². The van der Waals surface area contributed by atoms with Crippen LogP contribution in [0.15, 0.2) is 12.2 Å². The fourth-order valence-corrected chi connectivity index (χ4v) is 1.21. The second kappa shape index (κ2) is 5.36. The van der Waals surface area contributed by atoms with E-state index in [1.165, 1.54) is 12.0 Å². The van der Waals surface area contributed by atoms with Crippen molar-refractivity contribution < 1.29 is 0 Å². The lowest BCUT2D eigenvalue weighted by Crippen LogP contribution is -2.34. The Morgan fingerprint density at radius 1 is 1.45 bits per heavy atom. The van der Waals surface area contributed by atoms with Crippen LogP contribution in [0.1, 0.15) is 40.5 Å². The SMILES string of the molecule is C=C(C)CC(CC)NC(C)C. The van der Waals surface area contributed by atoms with Gasteiger partial charge in [-0.3, -0.25) is 0 Å². The molecule has 0 rings (SSSR count). The quantitative estimate of drug-likeness (QED) is 0.602. The highest BCUT2D eigenvalue weighted by Gasteiger charge is 2.06. The molecule has 0 aromatic heterocycles. The van der Waals surface area contributed by atoms with Crippen LogP contribution in [-0.2, 0) is 0 Å². The maximum atomic E-state index is 3.91. The molecule has 0 aromatic carbocycles. The summed E-state index contributed by atoms with van der Waals surface area (Å²) in [5.74, 6) is 0. The van der Waals surface area contributed by atoms with Gasteiger partial charge in [-0.25, -0.2) is 0 Å². The Morgan fingerprint density at radius 3 is 2.27 bits per heavy atom. The van der Waals surface area contributed by atoms with Crippen LogP contribution in [0.3, 0.4) is 0 Å². The molecule has 0 aliphatic heterocycles. The maximum Gasteiger partial charge on any atom is 0.0104 e. The van der Waals surface area contributed by atoms with Crippen molar-refractivity contribution in [1.29, 1.82) is 0 Å². The van der Waals surface area contributed by atoms with Crippen LogP contribution in [0.2, 0.25) is 0 Å². The van der Waals surface area contributed by atoms with Crippen molar-refractivity contribution in [3.63, 3.8) is 0 Å². The number of nitrogens with one attached hydrogen (secondary N) is 1. The van der Waals surface area contributed by atoms with Crippen LogP contribution >= 0.6 is 0 Å². The molecule has 1 unspecified atom stereocenters. The zero-order valence-electron chi connectivity index (χ0n) is 8.28. The molecule has 0 heterocycles. The van der Waals surface area contributed by atoms with Gasteiger partial charge in [-0.05, 0) is 19.8 Å². The topological polar surface area (TPSA) is 12.0 Å². The molecule has 66 valence electrons. The summed E-state index contributed by atoms with van der Waals surface area (Å²) in [7, 11) is 0. The molecule has 11 heavy (non-hydrogen) atoms. The zero-order chi connectivity index (χ0) is 8.85. The Hall–Kier alpha value is -0.300. The molecule has 0 radical (unpaired) electrons. The van der Waals surface area contributed by atoms with Crippen molar-refractivity contribution in [3.05, 3.63) is 12.2 Å². The summed E-state index contributed by atoms with van der Waals surface area (Å²) in [4.78, 5) is 0. The van der Waals surface area contributed by atoms with E-state index in [0.29, 0.717) is 12.1 Å². The molecule has 1 atom stereocenters. The first-order valence-corrected chi connectivity index (χ1v) is 4.46. The first-order valence-electron chi connectivity index (χ1n) is 4.46. The Bertz CT molecular complexity index is 116. The van der Waals surface area contributed by atoms with Gasteiger partial charge in [0.25, 0.3) is 0 Å². The zero-order valence-corrected chi connectivity index (χ0v) is 8.28. The highest BCUT2D eigenvalue weighted by Crippen LogP contribution is 2.05. The van der Waals surface area contributed by atoms with Crippen molar-refractivity contribution in [2.75, 3.05) is 0 Å². The summed E-state index contributed by atoms with van der Waals surface area (Å²) in [6, 6.07) is 1.20. The summed E-state index contributed by atoms with van der Waals surface area (Å²) in [6.07, 6.45) is 2.29. The molecule has 0 amide bonds. The number of hydrogen-bond donors (Lipinski definition) is 1. The minimum absolute atomic E-state index is 0.583. The van der Waals surface area contributed by atoms with Crippen molar-refractivity contribution in [2.45, 2.75) is 52.6 Å². The van der Waals surface area contributed by atoms with E-state index in [-0.39, 0.29) is 0 Å². The molecule has 0 spiro atoms. The molecule has 0 saturated carbocycles. The summed E-state index contributed by atoms with van der Waals surface area (Å²) in [5.41, 5.74) is 1.27. The van der Waals surface area contributed by atoms with Gasteiger partial charge in [0.05, 0.1) is 0 Å². The molecule has 1 N–H and O–H groups in total. The van der Waals surface area contributed by atoms with E-state index in [1.54, 1.807) is 0 Å². The summed E-state index contributed by atoms with van der Waals surface area (Å²) >= 11 is 0. The van der Waals surface area contributed by atoms with Gasteiger partial charge in [-0.15, -0.1) is 6.58 Å². The molecule has 0 fully saturated rings. The molecule has 0 bridgehead atoms. The van der Waals surface area contributed by atoms with Gasteiger partial charge in [0.1, 0.15) is 0 Å². The molecule has 1 heteroatoms. The highest BCUT2D eigenvalue weighted by molar-refractivity contribution is 4.92. The van der Waals surface area contributed by atoms with Gasteiger partial charge in [-0.2, -0.15) is 0 Å². The molecule has 1 nitrogen and oxygen atoms in total. The van der Waals surface area contributed by atoms with Gasteiger partial charge in [0.15, 0.2) is 0 Å².